The maximum Gasteiger partial charge on any atom is 0.188 e. The van der Waals surface area contributed by atoms with Crippen molar-refractivity contribution in [3.8, 4) is 11.5 Å². The summed E-state index contributed by atoms with van der Waals surface area (Å²) in [6.45, 7) is 3.30. The minimum Gasteiger partial charge on any atom is -0.453 e. The summed E-state index contributed by atoms with van der Waals surface area (Å²) in [5.74, 6) is 0.585. The molecule has 142 valence electrons. The van der Waals surface area contributed by atoms with Crippen LogP contribution in [0.3, 0.4) is 0 Å². The van der Waals surface area contributed by atoms with Crippen LogP contribution in [0.5, 0.6) is 11.5 Å². The molecule has 1 heterocycles. The van der Waals surface area contributed by atoms with E-state index in [0.717, 1.165) is 18.5 Å². The molecular formula is C19H26FIN4O. The molecule has 3 N–H and O–H groups in total. The van der Waals surface area contributed by atoms with Gasteiger partial charge in [0.05, 0.1) is 12.7 Å². The molecule has 0 aliphatic rings. The summed E-state index contributed by atoms with van der Waals surface area (Å²) in [5, 5.41) is 3.07. The van der Waals surface area contributed by atoms with Gasteiger partial charge in [0.2, 0.25) is 0 Å². The number of guanidine groups is 1. The van der Waals surface area contributed by atoms with Crippen molar-refractivity contribution in [1.82, 2.24) is 10.3 Å². The first-order chi connectivity index (χ1) is 12.2. The van der Waals surface area contributed by atoms with Gasteiger partial charge in [-0.15, -0.1) is 24.0 Å². The minimum absolute atomic E-state index is 0. The molecule has 0 saturated carbocycles. The third-order valence-corrected chi connectivity index (χ3v) is 3.63. The highest BCUT2D eigenvalue weighted by molar-refractivity contribution is 14.0. The lowest BCUT2D eigenvalue weighted by Crippen LogP contribution is -2.32. The second kappa shape index (κ2) is 12.5. The molecule has 0 aliphatic heterocycles. The molecule has 0 bridgehead atoms. The number of pyridine rings is 1. The molecule has 0 aliphatic carbocycles. The lowest BCUT2D eigenvalue weighted by molar-refractivity contribution is 0.440. The quantitative estimate of drug-likeness (QED) is 0.242. The highest BCUT2D eigenvalue weighted by Gasteiger charge is 2.06. The van der Waals surface area contributed by atoms with Crippen LogP contribution in [0.2, 0.25) is 0 Å². The summed E-state index contributed by atoms with van der Waals surface area (Å²) in [6.07, 6.45) is 7.84. The van der Waals surface area contributed by atoms with E-state index in [1.54, 1.807) is 30.5 Å². The summed E-state index contributed by atoms with van der Waals surface area (Å²) >= 11 is 0. The summed E-state index contributed by atoms with van der Waals surface area (Å²) in [4.78, 5) is 8.16. The molecule has 1 aromatic heterocycles. The van der Waals surface area contributed by atoms with E-state index in [-0.39, 0.29) is 29.7 Å². The molecule has 0 unspecified atom stereocenters. The number of hydrogen-bond acceptors (Lipinski definition) is 3. The maximum atomic E-state index is 14.1. The molecule has 0 radical (unpaired) electrons. The first kappa shape index (κ1) is 22.1. The average Bonchev–Trinajstić information content (AvgIpc) is 2.63. The number of aliphatic imine (C=N–C) groups is 1. The van der Waals surface area contributed by atoms with Gasteiger partial charge in [0, 0.05) is 12.7 Å². The number of rotatable bonds is 9. The summed E-state index contributed by atoms with van der Waals surface area (Å²) in [5.41, 5.74) is 6.55. The minimum atomic E-state index is -0.442. The van der Waals surface area contributed by atoms with E-state index >= 15 is 0 Å². The zero-order chi connectivity index (χ0) is 17.9. The van der Waals surface area contributed by atoms with Crippen LogP contribution in [0.25, 0.3) is 0 Å². The number of ether oxygens (including phenoxy) is 1. The molecule has 0 fully saturated rings. The summed E-state index contributed by atoms with van der Waals surface area (Å²) in [7, 11) is 0. The normalized spacial score (nSPS) is 10.9. The zero-order valence-corrected chi connectivity index (χ0v) is 17.3. The van der Waals surface area contributed by atoms with Crippen LogP contribution < -0.4 is 15.8 Å². The Hall–Kier alpha value is -1.90. The van der Waals surface area contributed by atoms with Crippen LogP contribution in [0.4, 0.5) is 4.39 Å². The molecule has 26 heavy (non-hydrogen) atoms. The zero-order valence-electron chi connectivity index (χ0n) is 15.0. The highest BCUT2D eigenvalue weighted by Crippen LogP contribution is 2.24. The molecule has 7 heteroatoms. The van der Waals surface area contributed by atoms with E-state index < -0.39 is 5.82 Å². The van der Waals surface area contributed by atoms with E-state index in [1.165, 1.54) is 31.5 Å². The van der Waals surface area contributed by atoms with Gasteiger partial charge < -0.3 is 15.8 Å². The van der Waals surface area contributed by atoms with Crippen molar-refractivity contribution in [1.29, 1.82) is 0 Å². The van der Waals surface area contributed by atoms with E-state index in [0.29, 0.717) is 18.3 Å². The fourth-order valence-corrected chi connectivity index (χ4v) is 2.26. The molecule has 0 spiro atoms. The Kier molecular flexibility index (Phi) is 10.6. The first-order valence-electron chi connectivity index (χ1n) is 8.59. The molecule has 5 nitrogen and oxygen atoms in total. The summed E-state index contributed by atoms with van der Waals surface area (Å²) in [6, 6.07) is 8.21. The standard InChI is InChI=1S/C19H25FN4O.HI/c1-2-3-4-5-11-23-19(21)24-13-15-8-9-18(17(20)12-15)25-16-7-6-10-22-14-16;/h6-10,12,14H,2-5,11,13H2,1H3,(H3,21,23,24);1H. The van der Waals surface area contributed by atoms with Crippen LogP contribution in [-0.4, -0.2) is 17.5 Å². The maximum absolute atomic E-state index is 14.1. The van der Waals surface area contributed by atoms with Crippen molar-refractivity contribution in [2.45, 2.75) is 39.2 Å². The lowest BCUT2D eigenvalue weighted by Gasteiger charge is -2.08. The van der Waals surface area contributed by atoms with E-state index in [9.17, 15) is 4.39 Å². The van der Waals surface area contributed by atoms with Crippen molar-refractivity contribution in [3.63, 3.8) is 0 Å². The van der Waals surface area contributed by atoms with Gasteiger partial charge in [-0.25, -0.2) is 9.38 Å². The van der Waals surface area contributed by atoms with Crippen LogP contribution in [-0.2, 0) is 6.54 Å². The number of hydrogen-bond donors (Lipinski definition) is 2. The fraction of sp³-hybridized carbons (Fsp3) is 0.368. The van der Waals surface area contributed by atoms with Gasteiger partial charge >= 0.3 is 0 Å². The van der Waals surface area contributed by atoms with Gasteiger partial charge in [0.25, 0.3) is 0 Å². The largest absolute Gasteiger partial charge is 0.453 e. The topological polar surface area (TPSA) is 72.5 Å². The smallest absolute Gasteiger partial charge is 0.188 e. The van der Waals surface area contributed by atoms with Gasteiger partial charge in [-0.1, -0.05) is 32.3 Å². The Labute approximate surface area is 171 Å². The second-order valence-corrected chi connectivity index (χ2v) is 5.74. The van der Waals surface area contributed by atoms with Crippen molar-refractivity contribution in [3.05, 3.63) is 54.1 Å². The third-order valence-electron chi connectivity index (χ3n) is 3.63. The number of nitrogens with one attached hydrogen (secondary N) is 1. The number of aromatic nitrogens is 1. The van der Waals surface area contributed by atoms with Crippen LogP contribution in [0.15, 0.2) is 47.7 Å². The Bertz CT molecular complexity index is 682. The fourth-order valence-electron chi connectivity index (χ4n) is 2.26. The molecule has 2 aromatic rings. The van der Waals surface area contributed by atoms with Gasteiger partial charge in [-0.05, 0) is 36.2 Å². The molecule has 0 saturated heterocycles. The third kappa shape index (κ3) is 7.99. The van der Waals surface area contributed by atoms with E-state index in [4.69, 9.17) is 10.5 Å². The van der Waals surface area contributed by atoms with Gasteiger partial charge in [-0.3, -0.25) is 4.98 Å². The monoisotopic (exact) mass is 472 g/mol. The average molecular weight is 472 g/mol. The first-order valence-corrected chi connectivity index (χ1v) is 8.59. The van der Waals surface area contributed by atoms with Crippen molar-refractivity contribution < 1.29 is 9.13 Å². The predicted octanol–water partition coefficient (Wildman–Crippen LogP) is 4.62. The molecule has 2 rings (SSSR count). The Morgan fingerprint density at radius 2 is 2.12 bits per heavy atom. The predicted molar refractivity (Wildman–Crippen MR) is 114 cm³/mol. The van der Waals surface area contributed by atoms with Gasteiger partial charge in [0.1, 0.15) is 5.75 Å². The molecular weight excluding hydrogens is 446 g/mol. The Balaban J connectivity index is 0.00000338. The summed E-state index contributed by atoms with van der Waals surface area (Å²) < 4.78 is 19.6. The number of benzene rings is 1. The number of nitrogens with zero attached hydrogens (tertiary/aromatic N) is 2. The Morgan fingerprint density at radius 3 is 2.81 bits per heavy atom. The molecule has 0 atom stereocenters. The van der Waals surface area contributed by atoms with Crippen LogP contribution in [0, 0.1) is 5.82 Å². The SMILES string of the molecule is CCCCCCNC(N)=NCc1ccc(Oc2cccnc2)c(F)c1.I. The Morgan fingerprint density at radius 1 is 1.27 bits per heavy atom. The second-order valence-electron chi connectivity index (χ2n) is 5.74. The van der Waals surface area contributed by atoms with Crippen LogP contribution in [0.1, 0.15) is 38.2 Å². The van der Waals surface area contributed by atoms with E-state index in [1.807, 2.05) is 0 Å². The highest BCUT2D eigenvalue weighted by atomic mass is 127. The number of halogens is 2. The van der Waals surface area contributed by atoms with Crippen molar-refractivity contribution in [2.24, 2.45) is 10.7 Å². The van der Waals surface area contributed by atoms with Crippen molar-refractivity contribution in [2.75, 3.05) is 6.54 Å². The van der Waals surface area contributed by atoms with E-state index in [2.05, 4.69) is 22.2 Å². The lowest BCUT2D eigenvalue weighted by atomic mass is 10.2. The van der Waals surface area contributed by atoms with Crippen LogP contribution >= 0.6 is 24.0 Å². The molecule has 1 aromatic carbocycles. The van der Waals surface area contributed by atoms with Gasteiger partial charge in [0.15, 0.2) is 17.5 Å². The number of unbranched alkanes of at least 4 members (excludes halogenated alkanes) is 3. The van der Waals surface area contributed by atoms with Gasteiger partial charge in [-0.2, -0.15) is 0 Å². The molecule has 0 amide bonds. The number of nitrogens with two attached hydrogens (primary N) is 1. The van der Waals surface area contributed by atoms with Crippen molar-refractivity contribution >= 4 is 29.9 Å².